The summed E-state index contributed by atoms with van der Waals surface area (Å²) in [6.07, 6.45) is 1.11. The Morgan fingerprint density at radius 2 is 2.03 bits per heavy atom. The van der Waals surface area contributed by atoms with Crippen molar-refractivity contribution < 1.29 is 28.3 Å². The van der Waals surface area contributed by atoms with E-state index >= 15 is 0 Å². The molecule has 1 unspecified atom stereocenters. The summed E-state index contributed by atoms with van der Waals surface area (Å²) in [7, 11) is 0. The fraction of sp³-hybridized carbons (Fsp3) is 0.280. The molecule has 3 aromatic rings. The van der Waals surface area contributed by atoms with Crippen molar-refractivity contribution >= 4 is 40.2 Å². The Hall–Kier alpha value is -3.92. The van der Waals surface area contributed by atoms with Crippen LogP contribution in [0.3, 0.4) is 0 Å². The van der Waals surface area contributed by atoms with Crippen molar-refractivity contribution in [3.63, 3.8) is 0 Å². The zero-order chi connectivity index (χ0) is 24.7. The van der Waals surface area contributed by atoms with Gasteiger partial charge in [0.15, 0.2) is 0 Å². The third-order valence-corrected chi connectivity index (χ3v) is 7.15. The summed E-state index contributed by atoms with van der Waals surface area (Å²) in [4.78, 5) is 52.6. The average Bonchev–Trinajstić information content (AvgIpc) is 3.58. The standard InChI is InChI=1S/C25H23N3O6S/c1-3-33-22(30)20-16(18-9-8-14(2)34-18)13-35-21(20)26-19(29)12-28-23(31)25(27-24(28)32)11-10-15-6-4-5-7-17(15)25/h4-9,13H,3,10-12H2,1-2H3,(H,26,29)(H,27,32). The molecule has 2 aliphatic rings. The van der Waals surface area contributed by atoms with Crippen molar-refractivity contribution in [1.82, 2.24) is 10.2 Å². The van der Waals surface area contributed by atoms with E-state index in [0.29, 0.717) is 29.9 Å². The van der Waals surface area contributed by atoms with Crippen LogP contribution in [0.2, 0.25) is 0 Å². The van der Waals surface area contributed by atoms with E-state index in [9.17, 15) is 19.2 Å². The summed E-state index contributed by atoms with van der Waals surface area (Å²) >= 11 is 1.14. The van der Waals surface area contributed by atoms with E-state index in [1.807, 2.05) is 24.3 Å². The molecule has 1 aliphatic carbocycles. The lowest BCUT2D eigenvalue weighted by Crippen LogP contribution is -2.43. The van der Waals surface area contributed by atoms with Crippen molar-refractivity contribution in [1.29, 1.82) is 0 Å². The third kappa shape index (κ3) is 3.79. The molecule has 2 aromatic heterocycles. The number of hydrogen-bond acceptors (Lipinski definition) is 7. The molecule has 3 heterocycles. The molecule has 1 fully saturated rings. The number of urea groups is 1. The van der Waals surface area contributed by atoms with Crippen molar-refractivity contribution in [3.05, 3.63) is 64.2 Å². The molecule has 0 bridgehead atoms. The first-order chi connectivity index (χ1) is 16.8. The second kappa shape index (κ2) is 8.70. The molecule has 180 valence electrons. The largest absolute Gasteiger partial charge is 0.462 e. The van der Waals surface area contributed by atoms with Gasteiger partial charge in [-0.25, -0.2) is 9.59 Å². The molecule has 2 N–H and O–H groups in total. The first kappa shape index (κ1) is 22.9. The average molecular weight is 494 g/mol. The highest BCUT2D eigenvalue weighted by molar-refractivity contribution is 7.15. The Morgan fingerprint density at radius 3 is 2.77 bits per heavy atom. The molecule has 1 spiro atoms. The number of amides is 4. The lowest BCUT2D eigenvalue weighted by molar-refractivity contribution is -0.134. The van der Waals surface area contributed by atoms with Gasteiger partial charge in [0.1, 0.15) is 34.2 Å². The summed E-state index contributed by atoms with van der Waals surface area (Å²) in [6, 6.07) is 10.4. The number of carbonyl (C=O) groups excluding carboxylic acids is 4. The first-order valence-electron chi connectivity index (χ1n) is 11.2. The predicted molar refractivity (Wildman–Crippen MR) is 128 cm³/mol. The highest BCUT2D eigenvalue weighted by atomic mass is 32.1. The zero-order valence-corrected chi connectivity index (χ0v) is 20.0. The van der Waals surface area contributed by atoms with Crippen LogP contribution in [0.1, 0.15) is 40.6 Å². The van der Waals surface area contributed by atoms with E-state index < -0.39 is 35.9 Å². The number of fused-ring (bicyclic) bond motifs is 2. The fourth-order valence-corrected chi connectivity index (χ4v) is 5.61. The van der Waals surface area contributed by atoms with Gasteiger partial charge in [0.05, 0.1) is 6.61 Å². The number of nitrogens with zero attached hydrogens (tertiary/aromatic N) is 1. The zero-order valence-electron chi connectivity index (χ0n) is 19.2. The van der Waals surface area contributed by atoms with Gasteiger partial charge in [-0.15, -0.1) is 11.3 Å². The molecule has 0 radical (unpaired) electrons. The maximum absolute atomic E-state index is 13.3. The number of ether oxygens (including phenoxy) is 1. The van der Waals surface area contributed by atoms with Crippen LogP contribution in [0.4, 0.5) is 9.80 Å². The number of rotatable bonds is 6. The lowest BCUT2D eigenvalue weighted by atomic mass is 9.92. The summed E-state index contributed by atoms with van der Waals surface area (Å²) in [5, 5.41) is 7.43. The number of nitrogens with one attached hydrogen (secondary N) is 2. The summed E-state index contributed by atoms with van der Waals surface area (Å²) in [5.41, 5.74) is 1.29. The lowest BCUT2D eigenvalue weighted by Gasteiger charge is -2.22. The quantitative estimate of drug-likeness (QED) is 0.398. The SMILES string of the molecule is CCOC(=O)c1c(-c2ccc(C)o2)csc1NC(=O)CN1C(=O)NC2(CCc3ccccc32)C1=O. The number of thiophene rings is 1. The second-order valence-corrected chi connectivity index (χ2v) is 9.30. The number of hydrogen-bond donors (Lipinski definition) is 2. The normalized spacial score (nSPS) is 18.6. The molecule has 4 amide bonds. The number of furan rings is 1. The maximum atomic E-state index is 13.3. The van der Waals surface area contributed by atoms with Gasteiger partial charge in [-0.2, -0.15) is 0 Å². The van der Waals surface area contributed by atoms with Crippen molar-refractivity contribution in [2.45, 2.75) is 32.2 Å². The minimum Gasteiger partial charge on any atom is -0.462 e. The Balaban J connectivity index is 1.37. The minimum absolute atomic E-state index is 0.157. The monoisotopic (exact) mass is 493 g/mol. The van der Waals surface area contributed by atoms with Gasteiger partial charge < -0.3 is 19.8 Å². The van der Waals surface area contributed by atoms with Gasteiger partial charge in [-0.3, -0.25) is 14.5 Å². The molecule has 1 saturated heterocycles. The fourth-order valence-electron chi connectivity index (χ4n) is 4.66. The highest BCUT2D eigenvalue weighted by Gasteiger charge is 2.55. The van der Waals surface area contributed by atoms with Crippen LogP contribution in [-0.2, 0) is 26.3 Å². The number of carbonyl (C=O) groups is 4. The van der Waals surface area contributed by atoms with Crippen molar-refractivity contribution in [2.75, 3.05) is 18.5 Å². The molecular weight excluding hydrogens is 470 g/mol. The molecule has 0 saturated carbocycles. The molecule has 9 nitrogen and oxygen atoms in total. The van der Waals surface area contributed by atoms with Gasteiger partial charge in [0.25, 0.3) is 5.91 Å². The Kier molecular flexibility index (Phi) is 5.68. The van der Waals surface area contributed by atoms with Gasteiger partial charge in [-0.05, 0) is 49.9 Å². The summed E-state index contributed by atoms with van der Waals surface area (Å²) in [6.45, 7) is 3.15. The number of aryl methyl sites for hydroxylation is 2. The molecule has 1 aromatic carbocycles. The minimum atomic E-state index is -1.14. The third-order valence-electron chi connectivity index (χ3n) is 6.25. The molecule has 1 aliphatic heterocycles. The van der Waals surface area contributed by atoms with E-state index in [2.05, 4.69) is 10.6 Å². The molecule has 1 atom stereocenters. The summed E-state index contributed by atoms with van der Waals surface area (Å²) < 4.78 is 10.8. The topological polar surface area (TPSA) is 118 Å². The highest BCUT2D eigenvalue weighted by Crippen LogP contribution is 2.41. The van der Waals surface area contributed by atoms with Crippen LogP contribution >= 0.6 is 11.3 Å². The predicted octanol–water partition coefficient (Wildman–Crippen LogP) is 3.83. The van der Waals surface area contributed by atoms with Crippen LogP contribution in [0, 0.1) is 6.92 Å². The van der Waals surface area contributed by atoms with Crippen LogP contribution in [0.15, 0.2) is 46.2 Å². The van der Waals surface area contributed by atoms with E-state index in [1.165, 1.54) is 0 Å². The Bertz CT molecular complexity index is 1360. The number of benzene rings is 1. The number of anilines is 1. The number of imide groups is 1. The molecule has 5 rings (SSSR count). The smallest absolute Gasteiger partial charge is 0.341 e. The molecule has 10 heteroatoms. The Labute approximate surface area is 205 Å². The van der Waals surface area contributed by atoms with Gasteiger partial charge >= 0.3 is 12.0 Å². The Morgan fingerprint density at radius 1 is 1.23 bits per heavy atom. The first-order valence-corrected chi connectivity index (χ1v) is 12.1. The number of esters is 1. The molecular formula is C25H23N3O6S. The van der Waals surface area contributed by atoms with Crippen LogP contribution in [-0.4, -0.2) is 41.9 Å². The van der Waals surface area contributed by atoms with Crippen molar-refractivity contribution in [3.8, 4) is 11.3 Å². The van der Waals surface area contributed by atoms with Gasteiger partial charge in [0, 0.05) is 10.9 Å². The van der Waals surface area contributed by atoms with Crippen molar-refractivity contribution in [2.24, 2.45) is 0 Å². The van der Waals surface area contributed by atoms with E-state index in [-0.39, 0.29) is 17.2 Å². The maximum Gasteiger partial charge on any atom is 0.341 e. The summed E-state index contributed by atoms with van der Waals surface area (Å²) in [5.74, 6) is -0.520. The van der Waals surface area contributed by atoms with Crippen LogP contribution in [0.5, 0.6) is 0 Å². The van der Waals surface area contributed by atoms with E-state index in [4.69, 9.17) is 9.15 Å². The van der Waals surface area contributed by atoms with Crippen LogP contribution in [0.25, 0.3) is 11.3 Å². The molecule has 35 heavy (non-hydrogen) atoms. The van der Waals surface area contributed by atoms with Gasteiger partial charge in [0.2, 0.25) is 5.91 Å². The van der Waals surface area contributed by atoms with Crippen LogP contribution < -0.4 is 10.6 Å². The van der Waals surface area contributed by atoms with E-state index in [0.717, 1.165) is 27.4 Å². The van der Waals surface area contributed by atoms with E-state index in [1.54, 1.807) is 31.4 Å². The second-order valence-electron chi connectivity index (χ2n) is 8.42. The van der Waals surface area contributed by atoms with Gasteiger partial charge in [-0.1, -0.05) is 24.3 Å².